The van der Waals surface area contributed by atoms with Crippen LogP contribution in [0.4, 0.5) is 0 Å². The van der Waals surface area contributed by atoms with Gasteiger partial charge >= 0.3 is 0 Å². The third kappa shape index (κ3) is 18.1. The average molecular weight is 1410 g/mol. The minimum atomic E-state index is -4.50. The lowest BCUT2D eigenvalue weighted by Gasteiger charge is -2.50. The van der Waals surface area contributed by atoms with Gasteiger partial charge in [-0.2, -0.15) is 16.8 Å². The summed E-state index contributed by atoms with van der Waals surface area (Å²) in [6.07, 6.45) is -72.5. The molecular formula is C50H86O41S2. The molecule has 21 heterocycles. The van der Waals surface area contributed by atoms with E-state index in [0.29, 0.717) is 0 Å². The van der Waals surface area contributed by atoms with E-state index >= 15 is 0 Å². The highest BCUT2D eigenvalue weighted by atomic mass is 32.2. The molecule has 0 aromatic rings. The SMILES string of the molecule is O=S(=O)(O)CCCCOC[C@H]1O[C@@H]2O[C@H]3[C@H](O)[C@@H](O)[C@@H](O[C@H]4[C@H](O)[C@@H](O)[C@@H](O[C@@H]5[C@@H](O)[C@H](O)[C@H](O[C@@H]6[C@@H](O)[C@H](O)[C@H](O[C@@H]7[C@@H](O)[C@H](O)[C@H](O[C@H]8[C@H](O)[C@@H](O)[C@@H](O[C@H]1[C@H](O)[C@H]2OCCCCS(=O)(=O)O)O[C@@H]8CO)O[C@H]7CO)O[C@H]6CO)O[C@H]5CO)O[C@@H]4CO)O[C@@H]3CO. The molecule has 21 aliphatic rings. The summed E-state index contributed by atoms with van der Waals surface area (Å²) in [5.41, 5.74) is 0. The van der Waals surface area contributed by atoms with Gasteiger partial charge in [0, 0.05) is 13.2 Å². The Balaban J connectivity index is 1.13. The number of unbranched alkanes of at least 4 members (excludes halogenated alkanes) is 2. The number of rotatable bonds is 19. The van der Waals surface area contributed by atoms with Crippen LogP contribution >= 0.6 is 0 Å². The molecule has 0 aromatic carbocycles. The number of ether oxygens (including phenoxy) is 16. The van der Waals surface area contributed by atoms with E-state index in [1.807, 2.05) is 0 Å². The molecule has 21 aliphatic heterocycles. The van der Waals surface area contributed by atoms with Crippen LogP contribution in [0.1, 0.15) is 25.7 Å². The molecule has 21 rings (SSSR count). The van der Waals surface area contributed by atoms with Crippen molar-refractivity contribution in [1.29, 1.82) is 0 Å². The van der Waals surface area contributed by atoms with Crippen molar-refractivity contribution in [2.24, 2.45) is 0 Å². The number of aliphatic hydroxyl groups is 19. The first-order valence-electron chi connectivity index (χ1n) is 29.8. The van der Waals surface area contributed by atoms with E-state index in [2.05, 4.69) is 0 Å². The zero-order valence-corrected chi connectivity index (χ0v) is 50.8. The smallest absolute Gasteiger partial charge is 0.264 e. The van der Waals surface area contributed by atoms with E-state index < -0.39 is 300 Å². The Hall–Kier alpha value is -1.58. The van der Waals surface area contributed by atoms with Crippen LogP contribution in [-0.4, -0.2) is 409 Å². The van der Waals surface area contributed by atoms with Gasteiger partial charge in [0.1, 0.15) is 171 Å². The van der Waals surface area contributed by atoms with Crippen molar-refractivity contribution >= 4 is 20.2 Å². The van der Waals surface area contributed by atoms with Crippen molar-refractivity contribution in [2.45, 2.75) is 241 Å². The summed E-state index contributed by atoms with van der Waals surface area (Å²) < 4.78 is 158. The topological polar surface area (TPSA) is 641 Å². The molecule has 21 saturated heterocycles. The van der Waals surface area contributed by atoms with Crippen LogP contribution in [0.3, 0.4) is 0 Å². The Kier molecular flexibility index (Phi) is 28.0. The highest BCUT2D eigenvalue weighted by Crippen LogP contribution is 2.39. The minimum absolute atomic E-state index is 0.0314. The maximum absolute atomic E-state index is 12.3. The summed E-state index contributed by atoms with van der Waals surface area (Å²) in [4.78, 5) is 0. The number of aliphatic hydroxyl groups excluding tert-OH is 19. The van der Waals surface area contributed by atoms with Gasteiger partial charge in [-0.15, -0.1) is 0 Å². The second kappa shape index (κ2) is 33.7. The largest absolute Gasteiger partial charge is 0.394 e. The summed E-state index contributed by atoms with van der Waals surface area (Å²) in [6.45, 7) is -8.07. The maximum atomic E-state index is 12.3. The lowest BCUT2D eigenvalue weighted by molar-refractivity contribution is -0.398. The van der Waals surface area contributed by atoms with Crippen molar-refractivity contribution in [3.05, 3.63) is 0 Å². The Morgan fingerprint density at radius 1 is 0.269 bits per heavy atom. The Bertz CT molecular complexity index is 2490. The molecule has 35 atom stereocenters. The van der Waals surface area contributed by atoms with Crippen molar-refractivity contribution in [3.63, 3.8) is 0 Å². The first-order chi connectivity index (χ1) is 44.0. The molecule has 0 saturated carbocycles. The van der Waals surface area contributed by atoms with Gasteiger partial charge in [-0.1, -0.05) is 0 Å². The predicted molar refractivity (Wildman–Crippen MR) is 287 cm³/mol. The van der Waals surface area contributed by atoms with Crippen LogP contribution in [0.2, 0.25) is 0 Å². The second-order valence-electron chi connectivity index (χ2n) is 23.4. The fourth-order valence-electron chi connectivity index (χ4n) is 11.9. The quantitative estimate of drug-likeness (QED) is 0.0422. The lowest BCUT2D eigenvalue weighted by atomic mass is 9.95. The molecule has 0 aromatic heterocycles. The summed E-state index contributed by atoms with van der Waals surface area (Å²) >= 11 is 0. The van der Waals surface area contributed by atoms with Gasteiger partial charge in [-0.25, -0.2) is 0 Å². The molecule has 14 bridgehead atoms. The molecule has 544 valence electrons. The van der Waals surface area contributed by atoms with E-state index in [1.54, 1.807) is 0 Å². The van der Waals surface area contributed by atoms with Crippen molar-refractivity contribution < 1.29 is 199 Å². The maximum Gasteiger partial charge on any atom is 0.264 e. The normalized spacial score (nSPS) is 48.2. The Labute approximate surface area is 529 Å². The molecule has 0 amide bonds. The molecule has 43 heteroatoms. The van der Waals surface area contributed by atoms with Crippen LogP contribution in [0.15, 0.2) is 0 Å². The molecular weight excluding hydrogens is 1320 g/mol. The monoisotopic (exact) mass is 1410 g/mol. The summed E-state index contributed by atoms with van der Waals surface area (Å²) in [7, 11) is -8.92. The fourth-order valence-corrected chi connectivity index (χ4v) is 13.0. The van der Waals surface area contributed by atoms with E-state index in [-0.39, 0.29) is 32.3 Å². The molecule has 21 N–H and O–H groups in total. The Morgan fingerprint density at radius 2 is 0.495 bits per heavy atom. The predicted octanol–water partition coefficient (Wildman–Crippen LogP) is -13.8. The van der Waals surface area contributed by atoms with Gasteiger partial charge in [0.2, 0.25) is 0 Å². The fraction of sp³-hybridized carbons (Fsp3) is 1.00. The van der Waals surface area contributed by atoms with Crippen molar-refractivity contribution in [2.75, 3.05) is 71.0 Å². The molecule has 0 spiro atoms. The third-order valence-corrected chi connectivity index (χ3v) is 18.5. The van der Waals surface area contributed by atoms with Crippen LogP contribution in [0.5, 0.6) is 0 Å². The molecule has 0 unspecified atom stereocenters. The second-order valence-corrected chi connectivity index (χ2v) is 26.5. The van der Waals surface area contributed by atoms with Gasteiger partial charge in [0.15, 0.2) is 44.0 Å². The van der Waals surface area contributed by atoms with E-state index in [9.17, 15) is 123 Å². The van der Waals surface area contributed by atoms with Gasteiger partial charge in [-0.3, -0.25) is 9.11 Å². The highest BCUT2D eigenvalue weighted by molar-refractivity contribution is 7.86. The molecule has 21 fully saturated rings. The standard InChI is InChI=1S/C50H86O41S2/c51-9-16-36-23(57)29(63)45(78-16)86-38-18(11-53)80-47(31(65)25(38)59)88-40-20(13-55)82-49(33(67)27(40)61)90-42-22(15-76-5-1-3-7-92(70,71)72)84-50(43(35(42)69)77-6-2-4-8-93(73,74)75)91-41-21(14-56)83-48(34(68)28(41)62)89-39-19(12-54)81-46(32(66)26(39)60)87-37-17(10-52)79-44(85-36)30(64)24(37)58/h16-69H,1-15H2,(H,70,71,72)(H,73,74,75)/t16-,17-,18-,19+,20+,21+,22+,23-,24-,25-,26+,27+,28+,29-,30-,31-,32+,33+,34+,35-,36-,37-,38-,39+,40+,41+,42+,43+,44-,45-,46+,47-,48+,49+,50+/m0/s1. The van der Waals surface area contributed by atoms with Crippen molar-refractivity contribution in [1.82, 2.24) is 0 Å². The van der Waals surface area contributed by atoms with Crippen LogP contribution in [-0.2, 0) is 96.0 Å². The number of hydrogen-bond donors (Lipinski definition) is 21. The van der Waals surface area contributed by atoms with Gasteiger partial charge in [0.25, 0.3) is 20.2 Å². The highest BCUT2D eigenvalue weighted by Gasteiger charge is 2.60. The molecule has 41 nitrogen and oxygen atoms in total. The zero-order chi connectivity index (χ0) is 68.1. The summed E-state index contributed by atoms with van der Waals surface area (Å²) in [5, 5.41) is 214. The van der Waals surface area contributed by atoms with Crippen LogP contribution in [0.25, 0.3) is 0 Å². The first-order valence-corrected chi connectivity index (χ1v) is 33.0. The third-order valence-electron chi connectivity index (χ3n) is 16.9. The summed E-state index contributed by atoms with van der Waals surface area (Å²) in [6, 6.07) is 0. The van der Waals surface area contributed by atoms with Gasteiger partial charge in [-0.05, 0) is 25.7 Å². The van der Waals surface area contributed by atoms with Crippen LogP contribution in [0, 0.1) is 0 Å². The minimum Gasteiger partial charge on any atom is -0.394 e. The number of hydrogen-bond acceptors (Lipinski definition) is 39. The zero-order valence-electron chi connectivity index (χ0n) is 49.2. The first kappa shape index (κ1) is 77.2. The average Bonchev–Trinajstić information content (AvgIpc) is 0.854. The van der Waals surface area contributed by atoms with Crippen LogP contribution < -0.4 is 0 Å². The van der Waals surface area contributed by atoms with Gasteiger partial charge in [0.05, 0.1) is 57.8 Å². The van der Waals surface area contributed by atoms with Gasteiger partial charge < -0.3 is 173 Å². The lowest BCUT2D eigenvalue weighted by Crippen LogP contribution is -2.68. The van der Waals surface area contributed by atoms with E-state index in [1.165, 1.54) is 0 Å². The van der Waals surface area contributed by atoms with Crippen molar-refractivity contribution in [3.8, 4) is 0 Å². The van der Waals surface area contributed by atoms with E-state index in [4.69, 9.17) is 75.8 Å². The molecule has 0 radical (unpaired) electrons. The van der Waals surface area contributed by atoms with E-state index in [0.717, 1.165) is 0 Å². The molecule has 93 heavy (non-hydrogen) atoms. The Morgan fingerprint density at radius 3 is 0.742 bits per heavy atom. The summed E-state index contributed by atoms with van der Waals surface area (Å²) in [5.74, 6) is -1.44. The molecule has 0 aliphatic carbocycles.